The Balaban J connectivity index is 1.34. The molecule has 0 spiro atoms. The molecule has 0 aromatic heterocycles. The largest absolute Gasteiger partial charge is 0.480 e. The summed E-state index contributed by atoms with van der Waals surface area (Å²) in [4.78, 5) is 41.8. The first-order valence-electron chi connectivity index (χ1n) is 15.1. The van der Waals surface area contributed by atoms with Gasteiger partial charge in [0.25, 0.3) is 0 Å². The number of carbonyl (C=O) groups excluding carboxylic acids is 2. The Kier molecular flexibility index (Phi) is 8.98. The molecule has 9 nitrogen and oxygen atoms in total. The fourth-order valence-corrected chi connectivity index (χ4v) is 9.47. The van der Waals surface area contributed by atoms with E-state index in [0.29, 0.717) is 67.6 Å². The molecule has 0 saturated heterocycles. The summed E-state index contributed by atoms with van der Waals surface area (Å²) < 4.78 is 0. The normalized spacial score (nSPS) is 39.0. The van der Waals surface area contributed by atoms with Gasteiger partial charge < -0.3 is 27.0 Å². The molecule has 0 aromatic carbocycles. The Morgan fingerprint density at radius 1 is 1.08 bits per heavy atom. The number of fused-ring (bicyclic) bond motifs is 5. The van der Waals surface area contributed by atoms with Gasteiger partial charge in [-0.3, -0.25) is 14.6 Å². The van der Waals surface area contributed by atoms with Crippen LogP contribution in [-0.4, -0.2) is 52.5 Å². The minimum absolute atomic E-state index is 0.0312. The monoisotopic (exact) mass is 546 g/mol. The minimum atomic E-state index is -1.05. The van der Waals surface area contributed by atoms with Gasteiger partial charge in [-0.15, -0.1) is 0 Å². The zero-order chi connectivity index (χ0) is 28.5. The molecule has 4 fully saturated rings. The molecule has 0 heterocycles. The highest BCUT2D eigenvalue weighted by Gasteiger charge is 2.63. The number of hydrogen-bond acceptors (Lipinski definition) is 5. The number of aliphatic hydroxyl groups is 1. The lowest BCUT2D eigenvalue weighted by atomic mass is 9.44. The van der Waals surface area contributed by atoms with E-state index in [1.54, 1.807) is 0 Å². The Morgan fingerprint density at radius 2 is 1.77 bits per heavy atom. The molecule has 0 aliphatic heterocycles. The number of Topliss-reactive ketones (excluding diaryl/α,β-unsaturated/α-hetero) is 1. The van der Waals surface area contributed by atoms with Crippen molar-refractivity contribution >= 4 is 23.6 Å². The third kappa shape index (κ3) is 5.98. The maximum absolute atomic E-state index is 13.6. The van der Waals surface area contributed by atoms with Crippen molar-refractivity contribution < 1.29 is 24.6 Å². The molecular weight excluding hydrogens is 496 g/mol. The van der Waals surface area contributed by atoms with Gasteiger partial charge in [0.1, 0.15) is 11.8 Å². The van der Waals surface area contributed by atoms with Crippen molar-refractivity contribution in [1.29, 1.82) is 0 Å². The second-order valence-electron chi connectivity index (χ2n) is 13.7. The number of nitrogens with one attached hydrogen (secondary N) is 1. The van der Waals surface area contributed by atoms with Crippen molar-refractivity contribution in [2.24, 2.45) is 62.8 Å². The fraction of sp³-hybridized carbons (Fsp3) is 0.867. The summed E-state index contributed by atoms with van der Waals surface area (Å²) in [6.45, 7) is 7.34. The van der Waals surface area contributed by atoms with Crippen molar-refractivity contribution in [2.45, 2.75) is 110 Å². The zero-order valence-corrected chi connectivity index (χ0v) is 24.0. The van der Waals surface area contributed by atoms with E-state index in [-0.39, 0.29) is 41.1 Å². The van der Waals surface area contributed by atoms with E-state index in [9.17, 15) is 24.6 Å². The van der Waals surface area contributed by atoms with Gasteiger partial charge in [-0.2, -0.15) is 0 Å². The summed E-state index contributed by atoms with van der Waals surface area (Å²) in [5, 5.41) is 22.5. The molecule has 0 aromatic rings. The van der Waals surface area contributed by atoms with E-state index in [4.69, 9.17) is 11.5 Å². The molecule has 4 saturated carbocycles. The topological polar surface area (TPSA) is 168 Å². The van der Waals surface area contributed by atoms with Crippen LogP contribution in [0, 0.1) is 46.3 Å². The van der Waals surface area contributed by atoms with Crippen LogP contribution in [0.2, 0.25) is 0 Å². The molecule has 220 valence electrons. The van der Waals surface area contributed by atoms with Crippen LogP contribution in [0.4, 0.5) is 0 Å². The lowest BCUT2D eigenvalue weighted by molar-refractivity contribution is -0.160. The first kappa shape index (κ1) is 29.8. The second kappa shape index (κ2) is 11.8. The molecule has 1 amide bonds. The zero-order valence-electron chi connectivity index (χ0n) is 24.0. The second-order valence-corrected chi connectivity index (χ2v) is 13.7. The number of aliphatic imine (C=N–C) groups is 1. The number of carboxylic acid groups (broad SMARTS) is 1. The van der Waals surface area contributed by atoms with E-state index in [2.05, 4.69) is 31.1 Å². The number of carboxylic acids is 1. The van der Waals surface area contributed by atoms with Crippen LogP contribution in [0.25, 0.3) is 0 Å². The van der Waals surface area contributed by atoms with Gasteiger partial charge in [-0.1, -0.05) is 20.8 Å². The van der Waals surface area contributed by atoms with Crippen LogP contribution in [0.1, 0.15) is 97.8 Å². The van der Waals surface area contributed by atoms with Crippen LogP contribution < -0.4 is 16.8 Å². The van der Waals surface area contributed by atoms with Gasteiger partial charge in [0, 0.05) is 25.3 Å². The quantitative estimate of drug-likeness (QED) is 0.159. The highest BCUT2D eigenvalue weighted by atomic mass is 16.4. The number of nitrogens with two attached hydrogens (primary N) is 2. The number of aliphatic hydroxyl groups excluding tert-OH is 1. The van der Waals surface area contributed by atoms with Crippen LogP contribution >= 0.6 is 0 Å². The molecule has 9 heteroatoms. The first-order chi connectivity index (χ1) is 18.4. The Bertz CT molecular complexity index is 967. The van der Waals surface area contributed by atoms with E-state index < -0.39 is 12.0 Å². The maximum atomic E-state index is 13.6. The average molecular weight is 547 g/mol. The summed E-state index contributed by atoms with van der Waals surface area (Å²) in [6.07, 6.45) is 9.11. The summed E-state index contributed by atoms with van der Waals surface area (Å²) in [6, 6.07) is -0.950. The molecular formula is C30H50N4O5. The summed E-state index contributed by atoms with van der Waals surface area (Å²) in [7, 11) is 0. The van der Waals surface area contributed by atoms with E-state index in [1.165, 1.54) is 0 Å². The number of amides is 1. The third-order valence-electron chi connectivity index (χ3n) is 11.6. The number of nitrogens with zero attached hydrogens (tertiary/aromatic N) is 1. The predicted octanol–water partition coefficient (Wildman–Crippen LogP) is 3.22. The summed E-state index contributed by atoms with van der Waals surface area (Å²) in [5.74, 6) is 1.16. The van der Waals surface area contributed by atoms with Gasteiger partial charge in [0.15, 0.2) is 5.96 Å². The van der Waals surface area contributed by atoms with Gasteiger partial charge in [0.2, 0.25) is 5.91 Å². The molecule has 7 N–H and O–H groups in total. The Hall–Kier alpha value is -2.16. The van der Waals surface area contributed by atoms with Crippen LogP contribution in [-0.2, 0) is 14.4 Å². The minimum Gasteiger partial charge on any atom is -0.480 e. The molecule has 0 radical (unpaired) electrons. The number of guanidine groups is 1. The SMILES string of the molecule is C[C@H](CCC(=O)N[C@H](CCCN=C(N)N)C(=O)O)[C@H]1CC[C@H]2[C@@H]3C(=O)CC4C[C@H](O)CC[C@]4(C)[C@H]3CC[C@]12C. The first-order valence-corrected chi connectivity index (χ1v) is 15.1. The predicted molar refractivity (Wildman–Crippen MR) is 149 cm³/mol. The van der Waals surface area contributed by atoms with E-state index in [1.807, 2.05) is 0 Å². The average Bonchev–Trinajstić information content (AvgIpc) is 3.22. The maximum Gasteiger partial charge on any atom is 0.326 e. The van der Waals surface area contributed by atoms with Gasteiger partial charge in [-0.05, 0) is 105 Å². The lowest BCUT2D eigenvalue weighted by Crippen LogP contribution is -2.57. The van der Waals surface area contributed by atoms with Crippen molar-refractivity contribution in [3.8, 4) is 0 Å². The van der Waals surface area contributed by atoms with Crippen molar-refractivity contribution in [3.63, 3.8) is 0 Å². The van der Waals surface area contributed by atoms with Crippen LogP contribution in [0.5, 0.6) is 0 Å². The summed E-state index contributed by atoms with van der Waals surface area (Å²) in [5.41, 5.74) is 10.9. The molecule has 0 bridgehead atoms. The molecule has 4 rings (SSSR count). The standard InChI is InChI=1S/C30H50N4O5/c1-17(6-9-25(37)34-23(27(38)39)5-4-14-33-28(31)32)20-7-8-21-26-22(11-13-30(20,21)3)29(2)12-10-19(35)15-18(29)16-24(26)36/h17-23,26,35H,4-16H2,1-3H3,(H,34,37)(H,38,39)(H4,31,32,33)/t17-,18?,19-,20-,21+,22+,23-,26+,29+,30-/m1/s1. The number of carbonyl (C=O) groups is 3. The van der Waals surface area contributed by atoms with Gasteiger partial charge in [0.05, 0.1) is 6.10 Å². The molecule has 4 aliphatic carbocycles. The van der Waals surface area contributed by atoms with Crippen LogP contribution in [0.3, 0.4) is 0 Å². The molecule has 10 atom stereocenters. The number of ketones is 1. The van der Waals surface area contributed by atoms with Gasteiger partial charge in [-0.25, -0.2) is 4.79 Å². The number of hydrogen-bond donors (Lipinski definition) is 5. The van der Waals surface area contributed by atoms with E-state index in [0.717, 1.165) is 44.9 Å². The highest BCUT2D eigenvalue weighted by molar-refractivity contribution is 5.84. The highest BCUT2D eigenvalue weighted by Crippen LogP contribution is 2.67. The number of aliphatic carboxylic acids is 1. The molecule has 39 heavy (non-hydrogen) atoms. The van der Waals surface area contributed by atoms with Crippen LogP contribution in [0.15, 0.2) is 4.99 Å². The Labute approximate surface area is 232 Å². The smallest absolute Gasteiger partial charge is 0.326 e. The van der Waals surface area contributed by atoms with Gasteiger partial charge >= 0.3 is 5.97 Å². The number of rotatable bonds is 10. The lowest BCUT2D eigenvalue weighted by Gasteiger charge is -2.60. The molecule has 1 unspecified atom stereocenters. The van der Waals surface area contributed by atoms with Crippen molar-refractivity contribution in [1.82, 2.24) is 5.32 Å². The van der Waals surface area contributed by atoms with Crippen molar-refractivity contribution in [3.05, 3.63) is 0 Å². The Morgan fingerprint density at radius 3 is 2.46 bits per heavy atom. The summed E-state index contributed by atoms with van der Waals surface area (Å²) >= 11 is 0. The third-order valence-corrected chi connectivity index (χ3v) is 11.6. The molecule has 4 aliphatic rings. The van der Waals surface area contributed by atoms with E-state index >= 15 is 0 Å². The fourth-order valence-electron chi connectivity index (χ4n) is 9.47. The van der Waals surface area contributed by atoms with Crippen molar-refractivity contribution in [2.75, 3.05) is 6.54 Å².